The Morgan fingerprint density at radius 3 is 1.93 bits per heavy atom. The van der Waals surface area contributed by atoms with Gasteiger partial charge in [-0.1, -0.05) is 109 Å². The van der Waals surface area contributed by atoms with Gasteiger partial charge in [0.15, 0.2) is 0 Å². The number of aromatic nitrogens is 3. The molecule has 0 aliphatic heterocycles. The van der Waals surface area contributed by atoms with Crippen molar-refractivity contribution < 1.29 is 0 Å². The largest absolute Gasteiger partial charge is 0.317 e. The minimum Gasteiger partial charge on any atom is -0.317 e. The van der Waals surface area contributed by atoms with Gasteiger partial charge in [0.25, 0.3) is 0 Å². The molecule has 3 nitrogen and oxygen atoms in total. The Bertz CT molecular complexity index is 2410. The highest BCUT2D eigenvalue weighted by Crippen LogP contribution is 2.39. The number of nitrogens with zero attached hydrogens (tertiary/aromatic N) is 3. The van der Waals surface area contributed by atoms with Gasteiger partial charge in [-0.15, -0.1) is 0 Å². The lowest BCUT2D eigenvalue weighted by Gasteiger charge is -2.14. The van der Waals surface area contributed by atoms with E-state index in [0.29, 0.717) is 0 Å². The second-order valence-electron chi connectivity index (χ2n) is 11.3. The quantitative estimate of drug-likeness (QED) is 0.210. The van der Waals surface area contributed by atoms with Crippen LogP contribution < -0.4 is 0 Å². The fourth-order valence-corrected chi connectivity index (χ4v) is 6.65. The summed E-state index contributed by atoms with van der Waals surface area (Å²) >= 11 is 0. The maximum absolute atomic E-state index is 5.34. The number of rotatable bonds is 4. The predicted molar refractivity (Wildman–Crippen MR) is 184 cm³/mol. The molecular formula is C41H27N3. The molecule has 9 rings (SSSR count). The first kappa shape index (κ1) is 24.6. The van der Waals surface area contributed by atoms with Crippen molar-refractivity contribution in [1.82, 2.24) is 14.1 Å². The summed E-state index contributed by atoms with van der Waals surface area (Å²) in [7, 11) is 0. The molecule has 3 heterocycles. The molecule has 0 spiro atoms. The van der Waals surface area contributed by atoms with E-state index in [9.17, 15) is 0 Å². The lowest BCUT2D eigenvalue weighted by atomic mass is 10.0. The van der Waals surface area contributed by atoms with Crippen LogP contribution in [0.15, 0.2) is 164 Å². The van der Waals surface area contributed by atoms with Crippen molar-refractivity contribution in [1.29, 1.82) is 0 Å². The number of para-hydroxylation sites is 2. The van der Waals surface area contributed by atoms with Crippen LogP contribution in [0.2, 0.25) is 0 Å². The Balaban J connectivity index is 1.37. The van der Waals surface area contributed by atoms with Crippen LogP contribution in [0.3, 0.4) is 0 Å². The van der Waals surface area contributed by atoms with Crippen LogP contribution in [0.25, 0.3) is 77.4 Å². The summed E-state index contributed by atoms with van der Waals surface area (Å²) in [5.74, 6) is 0.908. The zero-order chi connectivity index (χ0) is 29.0. The van der Waals surface area contributed by atoms with Crippen LogP contribution in [-0.2, 0) is 0 Å². The SMILES string of the molecule is c1ccc(-c2cc(-c3ccccc3)nc(-n3c4ccccc4c4ccc5cc6c(ccn6-c6ccccc6)cc5c43)c2)cc1. The summed E-state index contributed by atoms with van der Waals surface area (Å²) in [6, 6.07) is 56.2. The normalized spacial score (nSPS) is 11.6. The number of benzene rings is 6. The van der Waals surface area contributed by atoms with Crippen LogP contribution in [0.4, 0.5) is 0 Å². The van der Waals surface area contributed by atoms with Gasteiger partial charge in [-0.05, 0) is 65.0 Å². The topological polar surface area (TPSA) is 22.8 Å². The van der Waals surface area contributed by atoms with Crippen LogP contribution in [0, 0.1) is 0 Å². The molecular weight excluding hydrogens is 534 g/mol. The van der Waals surface area contributed by atoms with Gasteiger partial charge in [0.1, 0.15) is 5.82 Å². The summed E-state index contributed by atoms with van der Waals surface area (Å²) in [6.07, 6.45) is 2.17. The van der Waals surface area contributed by atoms with Gasteiger partial charge in [0.05, 0.1) is 22.2 Å². The van der Waals surface area contributed by atoms with Gasteiger partial charge in [0, 0.05) is 39.0 Å². The predicted octanol–water partition coefficient (Wildman–Crippen LogP) is 10.6. The molecule has 0 radical (unpaired) electrons. The monoisotopic (exact) mass is 561 g/mol. The van der Waals surface area contributed by atoms with Crippen molar-refractivity contribution >= 4 is 43.5 Å². The second kappa shape index (κ2) is 9.82. The van der Waals surface area contributed by atoms with Crippen LogP contribution in [-0.4, -0.2) is 14.1 Å². The smallest absolute Gasteiger partial charge is 0.138 e. The molecule has 3 aromatic heterocycles. The molecule has 0 atom stereocenters. The van der Waals surface area contributed by atoms with Crippen molar-refractivity contribution in [2.75, 3.05) is 0 Å². The molecule has 0 fully saturated rings. The number of pyridine rings is 1. The van der Waals surface area contributed by atoms with Gasteiger partial charge in [0.2, 0.25) is 0 Å². The Morgan fingerprint density at radius 1 is 0.432 bits per heavy atom. The van der Waals surface area contributed by atoms with Gasteiger partial charge in [-0.2, -0.15) is 0 Å². The van der Waals surface area contributed by atoms with Crippen LogP contribution in [0.5, 0.6) is 0 Å². The molecule has 0 aliphatic carbocycles. The van der Waals surface area contributed by atoms with Crippen molar-refractivity contribution in [3.63, 3.8) is 0 Å². The molecule has 0 amide bonds. The second-order valence-corrected chi connectivity index (χ2v) is 11.3. The lowest BCUT2D eigenvalue weighted by molar-refractivity contribution is 1.09. The molecule has 0 saturated heterocycles. The first-order chi connectivity index (χ1) is 21.8. The van der Waals surface area contributed by atoms with E-state index in [1.54, 1.807) is 0 Å². The van der Waals surface area contributed by atoms with E-state index in [0.717, 1.165) is 33.8 Å². The van der Waals surface area contributed by atoms with E-state index in [4.69, 9.17) is 4.98 Å². The van der Waals surface area contributed by atoms with Crippen LogP contribution >= 0.6 is 0 Å². The molecule has 9 aromatic rings. The third-order valence-corrected chi connectivity index (χ3v) is 8.71. The zero-order valence-corrected chi connectivity index (χ0v) is 23.9. The maximum Gasteiger partial charge on any atom is 0.138 e. The molecule has 206 valence electrons. The van der Waals surface area contributed by atoms with E-state index in [1.807, 2.05) is 0 Å². The minimum absolute atomic E-state index is 0.908. The Kier molecular flexibility index (Phi) is 5.50. The average molecular weight is 562 g/mol. The summed E-state index contributed by atoms with van der Waals surface area (Å²) in [5, 5.41) is 6.07. The molecule has 44 heavy (non-hydrogen) atoms. The summed E-state index contributed by atoms with van der Waals surface area (Å²) in [6.45, 7) is 0. The van der Waals surface area contributed by atoms with Gasteiger partial charge in [-0.25, -0.2) is 4.98 Å². The third kappa shape index (κ3) is 3.87. The highest BCUT2D eigenvalue weighted by atomic mass is 15.1. The van der Waals surface area contributed by atoms with Crippen molar-refractivity contribution in [2.24, 2.45) is 0 Å². The standard InChI is InChI=1S/C41H27N3/c1-4-12-28(13-5-1)32-25-37(29-14-6-2-7-15-29)42-40(27-32)44-38-19-11-10-18-34(38)35-21-20-30-26-39-31(24-36(30)41(35)44)22-23-43(39)33-16-8-3-9-17-33/h1-27H. The number of fused-ring (bicyclic) bond motifs is 6. The lowest BCUT2D eigenvalue weighted by Crippen LogP contribution is -2.00. The van der Waals surface area contributed by atoms with Gasteiger partial charge in [-0.3, -0.25) is 4.57 Å². The van der Waals surface area contributed by atoms with Gasteiger partial charge < -0.3 is 4.57 Å². The Hall–Kier alpha value is -5.93. The van der Waals surface area contributed by atoms with E-state index >= 15 is 0 Å². The number of hydrogen-bond acceptors (Lipinski definition) is 1. The highest BCUT2D eigenvalue weighted by Gasteiger charge is 2.18. The molecule has 6 aromatic carbocycles. The van der Waals surface area contributed by atoms with E-state index in [-0.39, 0.29) is 0 Å². The zero-order valence-electron chi connectivity index (χ0n) is 23.9. The number of hydrogen-bond donors (Lipinski definition) is 0. The average Bonchev–Trinajstić information content (AvgIpc) is 3.67. The van der Waals surface area contributed by atoms with E-state index in [1.165, 1.54) is 43.5 Å². The fourth-order valence-electron chi connectivity index (χ4n) is 6.65. The summed E-state index contributed by atoms with van der Waals surface area (Å²) in [5.41, 5.74) is 9.04. The Morgan fingerprint density at radius 2 is 1.14 bits per heavy atom. The van der Waals surface area contributed by atoms with E-state index < -0.39 is 0 Å². The maximum atomic E-state index is 5.34. The molecule has 3 heteroatoms. The first-order valence-electron chi connectivity index (χ1n) is 15.0. The molecule has 0 unspecified atom stereocenters. The van der Waals surface area contributed by atoms with Crippen LogP contribution in [0.1, 0.15) is 0 Å². The van der Waals surface area contributed by atoms with Crippen molar-refractivity contribution in [3.8, 4) is 33.9 Å². The molecule has 0 aliphatic rings. The van der Waals surface area contributed by atoms with Crippen molar-refractivity contribution in [2.45, 2.75) is 0 Å². The third-order valence-electron chi connectivity index (χ3n) is 8.71. The van der Waals surface area contributed by atoms with Crippen molar-refractivity contribution in [3.05, 3.63) is 164 Å². The summed E-state index contributed by atoms with van der Waals surface area (Å²) in [4.78, 5) is 5.34. The minimum atomic E-state index is 0.908. The Labute approximate surface area is 254 Å². The highest BCUT2D eigenvalue weighted by molar-refractivity contribution is 6.20. The summed E-state index contributed by atoms with van der Waals surface area (Å²) < 4.78 is 4.64. The molecule has 0 saturated carbocycles. The fraction of sp³-hybridized carbons (Fsp3) is 0. The molecule has 0 N–H and O–H groups in total. The first-order valence-corrected chi connectivity index (χ1v) is 15.0. The van der Waals surface area contributed by atoms with E-state index in [2.05, 4.69) is 173 Å². The van der Waals surface area contributed by atoms with Gasteiger partial charge >= 0.3 is 0 Å². The molecule has 0 bridgehead atoms.